The number of anilines is 4. The van der Waals surface area contributed by atoms with Crippen LogP contribution < -0.4 is 10.6 Å². The summed E-state index contributed by atoms with van der Waals surface area (Å²) < 4.78 is 67.9. The van der Waals surface area contributed by atoms with Crippen molar-refractivity contribution in [1.82, 2.24) is 29.9 Å². The van der Waals surface area contributed by atoms with Crippen LogP contribution in [-0.4, -0.2) is 55.8 Å². The number of rotatable bonds is 8. The molecule has 16 heteroatoms. The lowest BCUT2D eigenvalue weighted by atomic mass is 10.1. The minimum absolute atomic E-state index is 0.0500. The summed E-state index contributed by atoms with van der Waals surface area (Å²) in [4.78, 5) is 22.9. The second-order valence-electron chi connectivity index (χ2n) is 7.75. The predicted octanol–water partition coefficient (Wildman–Crippen LogP) is 2.82. The molecule has 4 N–H and O–H groups in total. The second kappa shape index (κ2) is 10.5. The van der Waals surface area contributed by atoms with E-state index >= 15 is 0 Å². The van der Waals surface area contributed by atoms with Crippen LogP contribution in [0.4, 0.5) is 23.3 Å². The van der Waals surface area contributed by atoms with Crippen LogP contribution in [0.3, 0.4) is 0 Å². The van der Waals surface area contributed by atoms with Gasteiger partial charge in [-0.1, -0.05) is 24.3 Å². The molecule has 4 rings (SSSR count). The smallest absolute Gasteiger partial charge is 0.295 e. The zero-order chi connectivity index (χ0) is 27.5. The first-order chi connectivity index (χ1) is 17.9. The van der Waals surface area contributed by atoms with Crippen molar-refractivity contribution >= 4 is 55.7 Å². The molecule has 0 spiro atoms. The maximum absolute atomic E-state index is 12.1. The van der Waals surface area contributed by atoms with Gasteiger partial charge in [-0.15, -0.1) is 0 Å². The highest BCUT2D eigenvalue weighted by atomic mass is 32.2. The number of benzene rings is 2. The van der Waals surface area contributed by atoms with Crippen molar-refractivity contribution in [3.8, 4) is 0 Å². The monoisotopic (exact) mass is 556 g/mol. The van der Waals surface area contributed by atoms with E-state index in [0.717, 1.165) is 0 Å². The van der Waals surface area contributed by atoms with Crippen molar-refractivity contribution in [1.29, 1.82) is 0 Å². The normalized spacial score (nSPS) is 12.0. The largest absolute Gasteiger partial charge is 0.324 e. The first kappa shape index (κ1) is 26.7. The average Bonchev–Trinajstić information content (AvgIpc) is 2.82. The van der Waals surface area contributed by atoms with Crippen molar-refractivity contribution in [2.24, 2.45) is 0 Å². The fourth-order valence-electron chi connectivity index (χ4n) is 3.26. The van der Waals surface area contributed by atoms with Gasteiger partial charge in [0.1, 0.15) is 34.1 Å². The molecule has 2 heterocycles. The molecule has 0 bridgehead atoms. The fraction of sp³-hybridized carbons (Fsp3) is 0.0909. The maximum atomic E-state index is 12.1. The third kappa shape index (κ3) is 6.68. The molecule has 38 heavy (non-hydrogen) atoms. The Morgan fingerprint density at radius 1 is 0.658 bits per heavy atom. The Morgan fingerprint density at radius 3 is 1.39 bits per heavy atom. The first-order valence-corrected chi connectivity index (χ1v) is 13.5. The van der Waals surface area contributed by atoms with E-state index < -0.39 is 30.0 Å². The van der Waals surface area contributed by atoms with Crippen molar-refractivity contribution < 1.29 is 25.9 Å². The molecule has 4 aromatic rings. The van der Waals surface area contributed by atoms with E-state index in [1.165, 1.54) is 61.2 Å². The van der Waals surface area contributed by atoms with E-state index in [9.17, 15) is 25.9 Å². The average molecular weight is 557 g/mol. The molecular weight excluding hydrogens is 536 g/mol. The molecule has 14 nitrogen and oxygen atoms in total. The summed E-state index contributed by atoms with van der Waals surface area (Å²) in [6.07, 6.45) is 5.13. The van der Waals surface area contributed by atoms with Gasteiger partial charge in [-0.25, -0.2) is 19.9 Å². The molecule has 2 aromatic heterocycles. The maximum Gasteiger partial charge on any atom is 0.295 e. The van der Waals surface area contributed by atoms with Crippen molar-refractivity contribution in [3.63, 3.8) is 0 Å². The van der Waals surface area contributed by atoms with Gasteiger partial charge in [0.2, 0.25) is 11.9 Å². The Kier molecular flexibility index (Phi) is 7.40. The predicted molar refractivity (Wildman–Crippen MR) is 137 cm³/mol. The van der Waals surface area contributed by atoms with Crippen LogP contribution in [0, 0.1) is 13.8 Å². The SMILES string of the molecule is Cc1ncnc(Nc2ccc(C=Cc3ccc(Nc4ncnc(C)n4)cc3S(=O)(=O)O)c(S(=O)(=O)O)c2)n1. The molecule has 0 saturated heterocycles. The molecule has 196 valence electrons. The van der Waals surface area contributed by atoms with E-state index in [0.29, 0.717) is 11.6 Å². The van der Waals surface area contributed by atoms with Crippen LogP contribution in [0.2, 0.25) is 0 Å². The summed E-state index contributed by atoms with van der Waals surface area (Å²) in [5.74, 6) is 1.22. The molecular formula is C22H20N8O6S2. The number of nitrogens with one attached hydrogen (secondary N) is 2. The van der Waals surface area contributed by atoms with E-state index in [1.54, 1.807) is 13.8 Å². The van der Waals surface area contributed by atoms with Crippen LogP contribution in [-0.2, 0) is 20.2 Å². The lowest BCUT2D eigenvalue weighted by Crippen LogP contribution is -2.05. The molecule has 0 radical (unpaired) electrons. The molecule has 0 aliphatic carbocycles. The van der Waals surface area contributed by atoms with Crippen LogP contribution in [0.25, 0.3) is 12.2 Å². The molecule has 2 aromatic carbocycles. The van der Waals surface area contributed by atoms with E-state index in [4.69, 9.17) is 0 Å². The fourth-order valence-corrected chi connectivity index (χ4v) is 4.68. The number of nitrogens with zero attached hydrogens (tertiary/aromatic N) is 6. The van der Waals surface area contributed by atoms with Crippen LogP contribution in [0.1, 0.15) is 22.8 Å². The molecule has 0 aliphatic rings. The summed E-state index contributed by atoms with van der Waals surface area (Å²) in [6, 6.07) is 8.15. The highest BCUT2D eigenvalue weighted by Crippen LogP contribution is 2.27. The minimum Gasteiger partial charge on any atom is -0.324 e. The topological polar surface area (TPSA) is 210 Å². The Morgan fingerprint density at radius 2 is 1.05 bits per heavy atom. The van der Waals surface area contributed by atoms with Gasteiger partial charge in [-0.05, 0) is 49.2 Å². The lowest BCUT2D eigenvalue weighted by molar-refractivity contribution is 0.480. The van der Waals surface area contributed by atoms with Gasteiger partial charge < -0.3 is 10.6 Å². The summed E-state index contributed by atoms with van der Waals surface area (Å²) in [6.45, 7) is 3.31. The van der Waals surface area contributed by atoms with E-state index in [1.807, 2.05) is 0 Å². The Bertz CT molecular complexity index is 1630. The first-order valence-electron chi connectivity index (χ1n) is 10.6. The van der Waals surface area contributed by atoms with Gasteiger partial charge >= 0.3 is 0 Å². The summed E-state index contributed by atoms with van der Waals surface area (Å²) in [7, 11) is -9.37. The Hall–Kier alpha value is -4.38. The highest BCUT2D eigenvalue weighted by molar-refractivity contribution is 7.86. The molecule has 0 atom stereocenters. The van der Waals surface area contributed by atoms with Gasteiger partial charge in [0.05, 0.1) is 0 Å². The Balaban J connectivity index is 1.68. The summed E-state index contributed by atoms with van der Waals surface area (Å²) in [5, 5.41) is 5.64. The molecule has 0 aliphatic heterocycles. The molecule has 0 amide bonds. The summed E-state index contributed by atoms with van der Waals surface area (Å²) in [5.41, 5.74) is 0.633. The number of hydrogen-bond acceptors (Lipinski definition) is 12. The van der Waals surface area contributed by atoms with Crippen LogP contribution >= 0.6 is 0 Å². The number of hydrogen-bond donors (Lipinski definition) is 4. The van der Waals surface area contributed by atoms with Crippen LogP contribution in [0.5, 0.6) is 0 Å². The van der Waals surface area contributed by atoms with E-state index in [-0.39, 0.29) is 34.4 Å². The minimum atomic E-state index is -4.69. The van der Waals surface area contributed by atoms with E-state index in [2.05, 4.69) is 40.5 Å². The zero-order valence-electron chi connectivity index (χ0n) is 19.8. The van der Waals surface area contributed by atoms with Crippen molar-refractivity contribution in [3.05, 3.63) is 71.8 Å². The molecule has 0 fully saturated rings. The van der Waals surface area contributed by atoms with Crippen LogP contribution in [0.15, 0.2) is 58.8 Å². The van der Waals surface area contributed by atoms with Crippen molar-refractivity contribution in [2.45, 2.75) is 23.6 Å². The quantitative estimate of drug-likeness (QED) is 0.182. The van der Waals surface area contributed by atoms with Gasteiger partial charge in [-0.2, -0.15) is 26.8 Å². The molecule has 0 unspecified atom stereocenters. The summed E-state index contributed by atoms with van der Waals surface area (Å²) >= 11 is 0. The third-order valence-electron chi connectivity index (χ3n) is 4.92. The Labute approximate surface area is 217 Å². The second-order valence-corrected chi connectivity index (χ2v) is 10.5. The number of aromatic nitrogens is 6. The standard InChI is InChI=1S/C22H20N8O6S2/c1-13-23-11-25-21(27-13)29-17-7-5-15(19(9-17)37(31,32)33)3-4-16-6-8-18(10-20(16)38(34,35)36)30-22-26-12-24-14(2)28-22/h3-12H,1-2H3,(H,31,32,33)(H,34,35,36)(H,23,25,27,29)(H,24,26,28,30). The number of aryl methyl sites for hydroxylation is 2. The van der Waals surface area contributed by atoms with Gasteiger partial charge in [0.15, 0.2) is 0 Å². The highest BCUT2D eigenvalue weighted by Gasteiger charge is 2.18. The third-order valence-corrected chi connectivity index (χ3v) is 6.74. The van der Waals surface area contributed by atoms with Gasteiger partial charge in [0, 0.05) is 11.4 Å². The van der Waals surface area contributed by atoms with Gasteiger partial charge in [0.25, 0.3) is 20.2 Å². The molecule has 0 saturated carbocycles. The van der Waals surface area contributed by atoms with Gasteiger partial charge in [-0.3, -0.25) is 9.11 Å². The lowest BCUT2D eigenvalue weighted by Gasteiger charge is -2.10. The zero-order valence-corrected chi connectivity index (χ0v) is 21.4. The van der Waals surface area contributed by atoms with Crippen molar-refractivity contribution in [2.75, 3.05) is 10.6 Å².